The second-order valence-electron chi connectivity index (χ2n) is 3.69. The molecule has 0 radical (unpaired) electrons. The molecule has 2 nitrogen and oxygen atoms in total. The molecule has 1 atom stereocenters. The average molecular weight is 204 g/mol. The largest absolute Gasteiger partial charge is 0.431 e. The topological polar surface area (TPSA) is 41.8 Å². The summed E-state index contributed by atoms with van der Waals surface area (Å²) in [7, 11) is 0. The summed E-state index contributed by atoms with van der Waals surface area (Å²) in [5.41, 5.74) is 5.53. The Hall–Kier alpha value is -0.970. The number of alkyl halides is 3. The van der Waals surface area contributed by atoms with E-state index in [-0.39, 0.29) is 6.04 Å². The van der Waals surface area contributed by atoms with Gasteiger partial charge >= 0.3 is 6.18 Å². The maximum absolute atomic E-state index is 12.2. The molecule has 5 heteroatoms. The first-order valence-electron chi connectivity index (χ1n) is 4.50. The molecule has 0 unspecified atom stereocenters. The van der Waals surface area contributed by atoms with Crippen molar-refractivity contribution in [3.05, 3.63) is 23.5 Å². The Morgan fingerprint density at radius 1 is 1.36 bits per heavy atom. The van der Waals surface area contributed by atoms with Gasteiger partial charge in [0, 0.05) is 11.7 Å². The number of aromatic nitrogens is 1. The molecule has 1 saturated carbocycles. The lowest BCUT2D eigenvalue weighted by Gasteiger charge is -2.08. The van der Waals surface area contributed by atoms with Crippen molar-refractivity contribution in [3.63, 3.8) is 0 Å². The van der Waals surface area contributed by atoms with Gasteiger partial charge in [0.15, 0.2) is 0 Å². The van der Waals surface area contributed by atoms with E-state index in [1.165, 1.54) is 6.07 Å². The van der Waals surface area contributed by atoms with Gasteiger partial charge in [-0.25, -0.2) is 0 Å². The Balaban J connectivity index is 2.16. The number of halogens is 3. The Labute approximate surface area is 79.3 Å². The van der Waals surface area contributed by atoms with E-state index in [0.717, 1.165) is 18.9 Å². The van der Waals surface area contributed by atoms with Crippen molar-refractivity contribution >= 4 is 0 Å². The van der Waals surface area contributed by atoms with Gasteiger partial charge in [-0.05, 0) is 30.9 Å². The Morgan fingerprint density at radius 2 is 2.00 bits per heavy atom. The molecular formula is C9H11F3N2. The second-order valence-corrected chi connectivity index (χ2v) is 3.69. The van der Waals surface area contributed by atoms with E-state index in [4.69, 9.17) is 5.73 Å². The molecule has 0 spiro atoms. The van der Waals surface area contributed by atoms with E-state index in [9.17, 15) is 13.2 Å². The smallest absolute Gasteiger partial charge is 0.354 e. The maximum Gasteiger partial charge on any atom is 0.431 e. The molecule has 1 aromatic heterocycles. The summed E-state index contributed by atoms with van der Waals surface area (Å²) in [4.78, 5) is 2.32. The number of nitrogens with two attached hydrogens (primary N) is 1. The van der Waals surface area contributed by atoms with Crippen LogP contribution in [0.4, 0.5) is 13.2 Å². The molecule has 78 valence electrons. The van der Waals surface area contributed by atoms with Crippen molar-refractivity contribution in [1.29, 1.82) is 0 Å². The molecule has 1 aliphatic carbocycles. The number of hydrogen-bond donors (Lipinski definition) is 2. The second kappa shape index (κ2) is 3.02. The van der Waals surface area contributed by atoms with Crippen molar-refractivity contribution in [2.24, 2.45) is 11.7 Å². The molecule has 0 amide bonds. The van der Waals surface area contributed by atoms with Gasteiger partial charge < -0.3 is 10.7 Å². The zero-order valence-electron chi connectivity index (χ0n) is 7.43. The Kier molecular flexibility index (Phi) is 2.06. The van der Waals surface area contributed by atoms with Gasteiger partial charge in [0.05, 0.1) is 0 Å². The molecule has 1 fully saturated rings. The van der Waals surface area contributed by atoms with Gasteiger partial charge in [-0.15, -0.1) is 0 Å². The van der Waals surface area contributed by atoms with Crippen LogP contribution in [0.15, 0.2) is 12.1 Å². The van der Waals surface area contributed by atoms with Crippen LogP contribution in [0.1, 0.15) is 30.3 Å². The quantitative estimate of drug-likeness (QED) is 0.763. The van der Waals surface area contributed by atoms with Crippen LogP contribution in [0.2, 0.25) is 0 Å². The summed E-state index contributed by atoms with van der Waals surface area (Å²) in [6, 6.07) is 2.19. The summed E-state index contributed by atoms with van der Waals surface area (Å²) >= 11 is 0. The summed E-state index contributed by atoms with van der Waals surface area (Å²) in [6.45, 7) is 0. The molecule has 1 aliphatic rings. The van der Waals surface area contributed by atoms with Crippen molar-refractivity contribution < 1.29 is 13.2 Å². The van der Waals surface area contributed by atoms with Crippen LogP contribution in [-0.2, 0) is 6.18 Å². The van der Waals surface area contributed by atoms with Gasteiger partial charge in [-0.3, -0.25) is 0 Å². The molecule has 3 N–H and O–H groups in total. The predicted molar refractivity (Wildman–Crippen MR) is 45.4 cm³/mol. The van der Waals surface area contributed by atoms with Crippen LogP contribution in [-0.4, -0.2) is 4.98 Å². The van der Waals surface area contributed by atoms with Crippen LogP contribution < -0.4 is 5.73 Å². The highest BCUT2D eigenvalue weighted by atomic mass is 19.4. The first kappa shape index (κ1) is 9.58. The highest BCUT2D eigenvalue weighted by molar-refractivity contribution is 5.19. The first-order valence-corrected chi connectivity index (χ1v) is 4.50. The molecule has 2 rings (SSSR count). The maximum atomic E-state index is 12.2. The van der Waals surface area contributed by atoms with E-state index in [1.807, 2.05) is 0 Å². The molecule has 1 heterocycles. The van der Waals surface area contributed by atoms with E-state index in [1.54, 1.807) is 0 Å². The van der Waals surface area contributed by atoms with Crippen LogP contribution in [0.5, 0.6) is 0 Å². The monoisotopic (exact) mass is 204 g/mol. The van der Waals surface area contributed by atoms with Gasteiger partial charge in [0.2, 0.25) is 0 Å². The van der Waals surface area contributed by atoms with Gasteiger partial charge in [-0.1, -0.05) is 0 Å². The fraction of sp³-hybridized carbons (Fsp3) is 0.556. The zero-order valence-corrected chi connectivity index (χ0v) is 7.43. The SMILES string of the molecule is N[C@H](c1ccc(C(F)(F)F)[nH]1)C1CC1. The number of nitrogens with one attached hydrogen (secondary N) is 1. The summed E-state index contributed by atoms with van der Waals surface area (Å²) in [6.07, 6.45) is -2.27. The fourth-order valence-electron chi connectivity index (χ4n) is 1.48. The molecule has 1 aromatic rings. The normalized spacial score (nSPS) is 19.7. The summed E-state index contributed by atoms with van der Waals surface area (Å²) in [5.74, 6) is 0.356. The number of rotatable bonds is 2. The molecule has 0 saturated heterocycles. The predicted octanol–water partition coefficient (Wildman–Crippen LogP) is 2.44. The highest BCUT2D eigenvalue weighted by Crippen LogP contribution is 2.40. The lowest BCUT2D eigenvalue weighted by Crippen LogP contribution is -2.13. The third-order valence-electron chi connectivity index (χ3n) is 2.50. The third kappa shape index (κ3) is 1.77. The van der Waals surface area contributed by atoms with Crippen LogP contribution >= 0.6 is 0 Å². The first-order chi connectivity index (χ1) is 6.48. The molecule has 0 bridgehead atoms. The summed E-state index contributed by atoms with van der Waals surface area (Å²) in [5, 5.41) is 0. The Bertz CT molecular complexity index is 325. The molecule has 14 heavy (non-hydrogen) atoms. The standard InChI is InChI=1S/C9H11F3N2/c10-9(11,12)7-4-3-6(14-7)8(13)5-1-2-5/h3-5,8,14H,1-2,13H2/t8-/m0/s1. The lowest BCUT2D eigenvalue weighted by molar-refractivity contribution is -0.140. The minimum absolute atomic E-state index is 0.272. The van der Waals surface area contributed by atoms with E-state index >= 15 is 0 Å². The minimum Gasteiger partial charge on any atom is -0.354 e. The molecular weight excluding hydrogens is 193 g/mol. The van der Waals surface area contributed by atoms with E-state index in [0.29, 0.717) is 11.6 Å². The van der Waals surface area contributed by atoms with Gasteiger partial charge in [0.1, 0.15) is 5.69 Å². The van der Waals surface area contributed by atoms with Crippen molar-refractivity contribution in [3.8, 4) is 0 Å². The number of aromatic amines is 1. The Morgan fingerprint density at radius 3 is 2.43 bits per heavy atom. The van der Waals surface area contributed by atoms with Gasteiger partial charge in [0.25, 0.3) is 0 Å². The lowest BCUT2D eigenvalue weighted by atomic mass is 10.1. The van der Waals surface area contributed by atoms with Crippen LogP contribution in [0.3, 0.4) is 0 Å². The van der Waals surface area contributed by atoms with Gasteiger partial charge in [-0.2, -0.15) is 13.2 Å². The number of H-pyrrole nitrogens is 1. The van der Waals surface area contributed by atoms with E-state index < -0.39 is 11.9 Å². The fourth-order valence-corrected chi connectivity index (χ4v) is 1.48. The average Bonchev–Trinajstić information content (AvgIpc) is 2.79. The summed E-state index contributed by atoms with van der Waals surface area (Å²) < 4.78 is 36.6. The minimum atomic E-state index is -4.30. The molecule has 0 aromatic carbocycles. The van der Waals surface area contributed by atoms with Crippen LogP contribution in [0, 0.1) is 5.92 Å². The third-order valence-corrected chi connectivity index (χ3v) is 2.50. The van der Waals surface area contributed by atoms with Crippen LogP contribution in [0.25, 0.3) is 0 Å². The van der Waals surface area contributed by atoms with E-state index in [2.05, 4.69) is 4.98 Å². The van der Waals surface area contributed by atoms with Crippen molar-refractivity contribution in [2.75, 3.05) is 0 Å². The van der Waals surface area contributed by atoms with Crippen molar-refractivity contribution in [2.45, 2.75) is 25.1 Å². The zero-order chi connectivity index (χ0) is 10.3. The molecule has 0 aliphatic heterocycles. The highest BCUT2D eigenvalue weighted by Gasteiger charge is 2.35. The van der Waals surface area contributed by atoms with Crippen molar-refractivity contribution in [1.82, 2.24) is 4.98 Å². The number of hydrogen-bond acceptors (Lipinski definition) is 1.